The summed E-state index contributed by atoms with van der Waals surface area (Å²) in [6, 6.07) is 8.42. The predicted molar refractivity (Wildman–Crippen MR) is 67.4 cm³/mol. The molecule has 3 nitrogen and oxygen atoms in total. The number of hydrogen-bond donors (Lipinski definition) is 2. The highest BCUT2D eigenvalue weighted by atomic mass is 16.5. The lowest BCUT2D eigenvalue weighted by atomic mass is 9.89. The third-order valence-electron chi connectivity index (χ3n) is 4.40. The van der Waals surface area contributed by atoms with Crippen molar-refractivity contribution in [3.63, 3.8) is 0 Å². The molecule has 1 aromatic rings. The first kappa shape index (κ1) is 11.1. The van der Waals surface area contributed by atoms with E-state index in [4.69, 9.17) is 10.6 Å². The summed E-state index contributed by atoms with van der Waals surface area (Å²) in [6.07, 6.45) is 4.08. The highest BCUT2D eigenvalue weighted by molar-refractivity contribution is 5.36. The zero-order valence-corrected chi connectivity index (χ0v) is 10.2. The van der Waals surface area contributed by atoms with Crippen LogP contribution in [0.5, 0.6) is 5.75 Å². The van der Waals surface area contributed by atoms with Gasteiger partial charge in [0.2, 0.25) is 0 Å². The van der Waals surface area contributed by atoms with Crippen LogP contribution in [0.1, 0.15) is 30.9 Å². The normalized spacial score (nSPS) is 32.0. The van der Waals surface area contributed by atoms with Gasteiger partial charge in [0, 0.05) is 5.56 Å². The maximum absolute atomic E-state index is 5.76. The quantitative estimate of drug-likeness (QED) is 0.618. The van der Waals surface area contributed by atoms with Gasteiger partial charge in [-0.1, -0.05) is 18.2 Å². The Morgan fingerprint density at radius 1 is 1.24 bits per heavy atom. The molecule has 3 unspecified atom stereocenters. The summed E-state index contributed by atoms with van der Waals surface area (Å²) in [5, 5.41) is 0. The molecule has 2 aliphatic carbocycles. The first-order chi connectivity index (χ1) is 8.33. The molecule has 0 heterocycles. The molecule has 92 valence electrons. The molecule has 3 heteroatoms. The van der Waals surface area contributed by atoms with Gasteiger partial charge in [0.05, 0.1) is 13.2 Å². The topological polar surface area (TPSA) is 47.3 Å². The van der Waals surface area contributed by atoms with Gasteiger partial charge in [-0.2, -0.15) is 0 Å². The third-order valence-corrected chi connectivity index (χ3v) is 4.40. The lowest BCUT2D eigenvalue weighted by Crippen LogP contribution is -2.33. The number of ether oxygens (including phenoxy) is 1. The minimum atomic E-state index is 0.235. The second-order valence-electron chi connectivity index (χ2n) is 5.37. The molecule has 3 rings (SSSR count). The lowest BCUT2D eigenvalue weighted by molar-refractivity contribution is 0.329. The van der Waals surface area contributed by atoms with Gasteiger partial charge in [-0.05, 0) is 43.1 Å². The van der Waals surface area contributed by atoms with E-state index in [9.17, 15) is 0 Å². The van der Waals surface area contributed by atoms with E-state index in [1.807, 2.05) is 12.1 Å². The number of hydrazine groups is 1. The molecule has 0 bridgehead atoms. The Kier molecular flexibility index (Phi) is 2.81. The summed E-state index contributed by atoms with van der Waals surface area (Å²) in [5.74, 6) is 9.33. The van der Waals surface area contributed by atoms with E-state index in [0.29, 0.717) is 5.92 Å². The van der Waals surface area contributed by atoms with Crippen LogP contribution >= 0.6 is 0 Å². The molecule has 0 amide bonds. The van der Waals surface area contributed by atoms with Crippen molar-refractivity contribution < 1.29 is 4.74 Å². The summed E-state index contributed by atoms with van der Waals surface area (Å²) < 4.78 is 5.43. The molecule has 17 heavy (non-hydrogen) atoms. The number of rotatable bonds is 4. The number of para-hydroxylation sites is 1. The summed E-state index contributed by atoms with van der Waals surface area (Å²) >= 11 is 0. The molecule has 2 fully saturated rings. The highest BCUT2D eigenvalue weighted by Crippen LogP contribution is 2.57. The molecule has 3 N–H and O–H groups in total. The van der Waals surface area contributed by atoms with E-state index in [1.54, 1.807) is 7.11 Å². The van der Waals surface area contributed by atoms with E-state index in [1.165, 1.54) is 24.8 Å². The maximum atomic E-state index is 5.76. The van der Waals surface area contributed by atoms with Gasteiger partial charge in [-0.15, -0.1) is 0 Å². The Morgan fingerprint density at radius 2 is 1.94 bits per heavy atom. The molecule has 3 atom stereocenters. The van der Waals surface area contributed by atoms with Crippen molar-refractivity contribution >= 4 is 0 Å². The van der Waals surface area contributed by atoms with Crippen molar-refractivity contribution in [3.8, 4) is 5.75 Å². The second-order valence-corrected chi connectivity index (χ2v) is 5.37. The number of benzene rings is 1. The van der Waals surface area contributed by atoms with E-state index < -0.39 is 0 Å². The number of nitrogens with one attached hydrogen (secondary N) is 1. The van der Waals surface area contributed by atoms with Gasteiger partial charge in [0.1, 0.15) is 5.75 Å². The SMILES string of the molecule is COc1ccccc1C(NN)C1CC2CC2C1. The van der Waals surface area contributed by atoms with Crippen LogP contribution in [0.2, 0.25) is 0 Å². The fraction of sp³-hybridized carbons (Fsp3) is 0.571. The van der Waals surface area contributed by atoms with Crippen molar-refractivity contribution in [2.24, 2.45) is 23.6 Å². The minimum Gasteiger partial charge on any atom is -0.496 e. The Balaban J connectivity index is 1.83. The van der Waals surface area contributed by atoms with Gasteiger partial charge in [0.15, 0.2) is 0 Å². The molecule has 2 aliphatic rings. The molecule has 2 saturated carbocycles. The molecule has 0 aromatic heterocycles. The van der Waals surface area contributed by atoms with Crippen LogP contribution in [0, 0.1) is 17.8 Å². The van der Waals surface area contributed by atoms with Gasteiger partial charge in [-0.3, -0.25) is 11.3 Å². The predicted octanol–water partition coefficient (Wildman–Crippen LogP) is 2.25. The number of methoxy groups -OCH3 is 1. The van der Waals surface area contributed by atoms with Gasteiger partial charge in [-0.25, -0.2) is 0 Å². The van der Waals surface area contributed by atoms with Crippen LogP contribution in [0.25, 0.3) is 0 Å². The van der Waals surface area contributed by atoms with E-state index in [0.717, 1.165) is 17.6 Å². The van der Waals surface area contributed by atoms with Crippen LogP contribution in [0.4, 0.5) is 0 Å². The van der Waals surface area contributed by atoms with Crippen LogP contribution in [-0.4, -0.2) is 7.11 Å². The molecule has 0 aliphatic heterocycles. The number of nitrogens with two attached hydrogens (primary N) is 1. The highest BCUT2D eigenvalue weighted by Gasteiger charge is 2.48. The fourth-order valence-electron chi connectivity index (χ4n) is 3.44. The standard InChI is InChI=1S/C14H20N2O/c1-17-13-5-3-2-4-12(13)14(16-15)11-7-9-6-10(9)8-11/h2-5,9-11,14,16H,6-8,15H2,1H3. The van der Waals surface area contributed by atoms with Gasteiger partial charge < -0.3 is 4.74 Å². The summed E-state index contributed by atoms with van der Waals surface area (Å²) in [7, 11) is 1.72. The maximum Gasteiger partial charge on any atom is 0.123 e. The van der Waals surface area contributed by atoms with Gasteiger partial charge >= 0.3 is 0 Å². The average Bonchev–Trinajstić information content (AvgIpc) is 2.98. The van der Waals surface area contributed by atoms with Crippen LogP contribution in [0.15, 0.2) is 24.3 Å². The fourth-order valence-corrected chi connectivity index (χ4v) is 3.44. The Bertz CT molecular complexity index is 397. The second kappa shape index (κ2) is 4.31. The van der Waals surface area contributed by atoms with E-state index >= 15 is 0 Å². The Morgan fingerprint density at radius 3 is 2.59 bits per heavy atom. The molecule has 1 aromatic carbocycles. The Labute approximate surface area is 102 Å². The molecular weight excluding hydrogens is 212 g/mol. The molecular formula is C14H20N2O. The summed E-state index contributed by atoms with van der Waals surface area (Å²) in [5.41, 5.74) is 4.19. The number of fused-ring (bicyclic) bond motifs is 1. The molecule has 0 radical (unpaired) electrons. The van der Waals surface area contributed by atoms with Crippen LogP contribution in [-0.2, 0) is 0 Å². The van der Waals surface area contributed by atoms with Crippen molar-refractivity contribution in [3.05, 3.63) is 29.8 Å². The third kappa shape index (κ3) is 1.94. The summed E-state index contributed by atoms with van der Waals surface area (Å²) in [4.78, 5) is 0. The van der Waals surface area contributed by atoms with Crippen molar-refractivity contribution in [2.45, 2.75) is 25.3 Å². The molecule has 0 saturated heterocycles. The van der Waals surface area contributed by atoms with Gasteiger partial charge in [0.25, 0.3) is 0 Å². The first-order valence-corrected chi connectivity index (χ1v) is 6.42. The monoisotopic (exact) mass is 232 g/mol. The van der Waals surface area contributed by atoms with E-state index in [-0.39, 0.29) is 6.04 Å². The van der Waals surface area contributed by atoms with E-state index in [2.05, 4.69) is 17.6 Å². The zero-order valence-electron chi connectivity index (χ0n) is 10.2. The van der Waals surface area contributed by atoms with Crippen LogP contribution in [0.3, 0.4) is 0 Å². The minimum absolute atomic E-state index is 0.235. The summed E-state index contributed by atoms with van der Waals surface area (Å²) in [6.45, 7) is 0. The first-order valence-electron chi connectivity index (χ1n) is 6.42. The Hall–Kier alpha value is -1.06. The number of hydrogen-bond acceptors (Lipinski definition) is 3. The zero-order chi connectivity index (χ0) is 11.8. The largest absolute Gasteiger partial charge is 0.496 e. The lowest BCUT2D eigenvalue weighted by Gasteiger charge is -2.25. The average molecular weight is 232 g/mol. The van der Waals surface area contributed by atoms with Crippen molar-refractivity contribution in [2.75, 3.05) is 7.11 Å². The van der Waals surface area contributed by atoms with Crippen molar-refractivity contribution in [1.29, 1.82) is 0 Å². The molecule has 0 spiro atoms. The van der Waals surface area contributed by atoms with Crippen LogP contribution < -0.4 is 16.0 Å². The van der Waals surface area contributed by atoms with Crippen molar-refractivity contribution in [1.82, 2.24) is 5.43 Å². The smallest absolute Gasteiger partial charge is 0.123 e.